The number of carbonyl (C=O) groups excluding carboxylic acids is 1. The smallest absolute Gasteiger partial charge is 0.292 e. The molecule has 0 N–H and O–H groups in total. The Balaban J connectivity index is 1.61. The van der Waals surface area contributed by atoms with E-state index in [1.165, 1.54) is 6.42 Å². The highest BCUT2D eigenvalue weighted by molar-refractivity contribution is 5.89. The van der Waals surface area contributed by atoms with Crippen molar-refractivity contribution in [2.24, 2.45) is 11.3 Å². The van der Waals surface area contributed by atoms with Crippen molar-refractivity contribution in [2.45, 2.75) is 46.5 Å². The fourth-order valence-electron chi connectivity index (χ4n) is 3.57. The summed E-state index contributed by atoms with van der Waals surface area (Å²) < 4.78 is 0. The Morgan fingerprint density at radius 2 is 1.58 bits per heavy atom. The molecule has 0 aliphatic heterocycles. The number of hydrogen-bond acceptors (Lipinski definition) is 3. The van der Waals surface area contributed by atoms with Gasteiger partial charge in [0.05, 0.1) is 5.56 Å². The molecule has 1 aliphatic rings. The van der Waals surface area contributed by atoms with E-state index in [1.54, 1.807) is 12.1 Å². The fraction of sp³-hybridized carbons (Fsp3) is 0.391. The number of benzene rings is 2. The van der Waals surface area contributed by atoms with E-state index in [2.05, 4.69) is 20.8 Å². The normalized spacial score (nSPS) is 18.5. The van der Waals surface area contributed by atoms with Gasteiger partial charge in [-0.2, -0.15) is 4.89 Å². The molecule has 1 aliphatic carbocycles. The minimum Gasteiger partial charge on any atom is -0.292 e. The Hall–Kier alpha value is -2.13. The molecule has 1 radical (unpaired) electrons. The SMILES string of the molecule is CC(C)(C)C1CCCC[C]1OOC(=O)c1ccc(-c2ccccc2)cc1. The van der Waals surface area contributed by atoms with Crippen LogP contribution in [-0.2, 0) is 9.78 Å². The highest BCUT2D eigenvalue weighted by Gasteiger charge is 2.37. The van der Waals surface area contributed by atoms with Gasteiger partial charge in [0.15, 0.2) is 6.10 Å². The molecule has 3 nitrogen and oxygen atoms in total. The van der Waals surface area contributed by atoms with Gasteiger partial charge in [0.1, 0.15) is 0 Å². The van der Waals surface area contributed by atoms with E-state index in [1.807, 2.05) is 42.5 Å². The molecule has 2 aromatic rings. The molecule has 1 saturated carbocycles. The molecule has 137 valence electrons. The van der Waals surface area contributed by atoms with E-state index >= 15 is 0 Å². The van der Waals surface area contributed by atoms with Gasteiger partial charge in [-0.25, -0.2) is 4.79 Å². The minimum atomic E-state index is -0.449. The first-order valence-corrected chi connectivity index (χ1v) is 9.35. The molecule has 0 heterocycles. The molecule has 0 amide bonds. The largest absolute Gasteiger partial charge is 0.373 e. The average Bonchev–Trinajstić information content (AvgIpc) is 2.66. The van der Waals surface area contributed by atoms with Gasteiger partial charge < -0.3 is 0 Å². The summed E-state index contributed by atoms with van der Waals surface area (Å²) >= 11 is 0. The maximum Gasteiger partial charge on any atom is 0.373 e. The van der Waals surface area contributed by atoms with Gasteiger partial charge in [0, 0.05) is 5.92 Å². The van der Waals surface area contributed by atoms with Crippen LogP contribution in [0, 0.1) is 17.4 Å². The second-order valence-corrected chi connectivity index (χ2v) is 8.03. The molecule has 2 aromatic carbocycles. The monoisotopic (exact) mass is 351 g/mol. The summed E-state index contributed by atoms with van der Waals surface area (Å²) in [6.45, 7) is 6.61. The van der Waals surface area contributed by atoms with E-state index in [0.29, 0.717) is 11.5 Å². The molecule has 0 bridgehead atoms. The lowest BCUT2D eigenvalue weighted by Gasteiger charge is -2.37. The zero-order valence-corrected chi connectivity index (χ0v) is 15.8. The van der Waals surface area contributed by atoms with Gasteiger partial charge in [-0.15, -0.1) is 0 Å². The van der Waals surface area contributed by atoms with Gasteiger partial charge in [-0.05, 0) is 41.5 Å². The van der Waals surface area contributed by atoms with Crippen LogP contribution in [0.3, 0.4) is 0 Å². The Bertz CT molecular complexity index is 713. The van der Waals surface area contributed by atoms with Gasteiger partial charge in [-0.1, -0.05) is 76.1 Å². The lowest BCUT2D eigenvalue weighted by Crippen LogP contribution is -2.31. The third kappa shape index (κ3) is 4.53. The molecule has 1 atom stereocenters. The molecular formula is C23H27O3. The zero-order valence-electron chi connectivity index (χ0n) is 15.8. The van der Waals surface area contributed by atoms with E-state index in [-0.39, 0.29) is 5.41 Å². The molecule has 0 saturated heterocycles. The summed E-state index contributed by atoms with van der Waals surface area (Å²) in [5.41, 5.74) is 2.79. The molecule has 3 heteroatoms. The van der Waals surface area contributed by atoms with Crippen LogP contribution >= 0.6 is 0 Å². The highest BCUT2D eigenvalue weighted by Crippen LogP contribution is 2.43. The van der Waals surface area contributed by atoms with Crippen LogP contribution in [0.2, 0.25) is 0 Å². The van der Waals surface area contributed by atoms with Crippen LogP contribution < -0.4 is 0 Å². The maximum atomic E-state index is 12.3. The Labute approximate surface area is 156 Å². The van der Waals surface area contributed by atoms with Crippen LogP contribution in [0.1, 0.15) is 56.8 Å². The van der Waals surface area contributed by atoms with Gasteiger partial charge >= 0.3 is 5.97 Å². The first-order chi connectivity index (χ1) is 12.4. The Kier molecular flexibility index (Phi) is 5.77. The predicted octanol–water partition coefficient (Wildman–Crippen LogP) is 6.21. The van der Waals surface area contributed by atoms with E-state index < -0.39 is 5.97 Å². The molecule has 26 heavy (non-hydrogen) atoms. The third-order valence-electron chi connectivity index (χ3n) is 5.05. The Morgan fingerprint density at radius 1 is 0.923 bits per heavy atom. The summed E-state index contributed by atoms with van der Waals surface area (Å²) in [6.07, 6.45) is 5.14. The van der Waals surface area contributed by atoms with Crippen LogP contribution in [0.15, 0.2) is 54.6 Å². The van der Waals surface area contributed by atoms with Crippen molar-refractivity contribution in [1.82, 2.24) is 0 Å². The van der Waals surface area contributed by atoms with Gasteiger partial charge in [-0.3, -0.25) is 4.89 Å². The third-order valence-corrected chi connectivity index (χ3v) is 5.05. The van der Waals surface area contributed by atoms with E-state index in [9.17, 15) is 4.79 Å². The molecular weight excluding hydrogens is 324 g/mol. The maximum absolute atomic E-state index is 12.3. The van der Waals surface area contributed by atoms with Gasteiger partial charge in [0.2, 0.25) is 0 Å². The lowest BCUT2D eigenvalue weighted by atomic mass is 9.71. The summed E-state index contributed by atoms with van der Waals surface area (Å²) in [5, 5.41) is 0. The van der Waals surface area contributed by atoms with Crippen molar-refractivity contribution in [3.63, 3.8) is 0 Å². The molecule has 3 rings (SSSR count). The van der Waals surface area contributed by atoms with Crippen molar-refractivity contribution in [2.75, 3.05) is 0 Å². The second-order valence-electron chi connectivity index (χ2n) is 8.03. The van der Waals surface area contributed by atoms with Gasteiger partial charge in [0.25, 0.3) is 0 Å². The van der Waals surface area contributed by atoms with E-state index in [0.717, 1.165) is 36.5 Å². The molecule has 0 spiro atoms. The second kappa shape index (κ2) is 8.05. The molecule has 1 fully saturated rings. The van der Waals surface area contributed by atoms with Crippen LogP contribution in [0.5, 0.6) is 0 Å². The Morgan fingerprint density at radius 3 is 2.23 bits per heavy atom. The first-order valence-electron chi connectivity index (χ1n) is 9.35. The van der Waals surface area contributed by atoms with Crippen molar-refractivity contribution in [3.05, 3.63) is 66.3 Å². The topological polar surface area (TPSA) is 35.5 Å². The lowest BCUT2D eigenvalue weighted by molar-refractivity contribution is -0.252. The first kappa shape index (κ1) is 18.7. The van der Waals surface area contributed by atoms with Crippen LogP contribution in [0.25, 0.3) is 11.1 Å². The van der Waals surface area contributed by atoms with Crippen molar-refractivity contribution in [1.29, 1.82) is 0 Å². The molecule has 0 aromatic heterocycles. The average molecular weight is 351 g/mol. The zero-order chi connectivity index (χ0) is 18.6. The van der Waals surface area contributed by atoms with Crippen molar-refractivity contribution in [3.8, 4) is 11.1 Å². The van der Waals surface area contributed by atoms with Crippen LogP contribution in [0.4, 0.5) is 0 Å². The summed E-state index contributed by atoms with van der Waals surface area (Å²) in [6, 6.07) is 17.5. The standard InChI is InChI=1S/C23H27O3/c1-23(2,3)20-11-7-8-12-21(20)25-26-22(24)19-15-13-18(14-16-19)17-9-5-4-6-10-17/h4-6,9-10,13-16,20H,7-8,11-12H2,1-3H3. The minimum absolute atomic E-state index is 0.111. The molecule has 1 unspecified atom stereocenters. The van der Waals surface area contributed by atoms with Crippen molar-refractivity contribution >= 4 is 5.97 Å². The predicted molar refractivity (Wildman–Crippen MR) is 103 cm³/mol. The van der Waals surface area contributed by atoms with Crippen LogP contribution in [-0.4, -0.2) is 5.97 Å². The summed E-state index contributed by atoms with van der Waals surface area (Å²) in [5.74, 6) is -0.125. The number of hydrogen-bond donors (Lipinski definition) is 0. The van der Waals surface area contributed by atoms with Crippen molar-refractivity contribution < 1.29 is 14.6 Å². The summed E-state index contributed by atoms with van der Waals surface area (Å²) in [7, 11) is 0. The fourth-order valence-corrected chi connectivity index (χ4v) is 3.57. The number of carbonyl (C=O) groups is 1. The summed E-state index contributed by atoms with van der Waals surface area (Å²) in [4.78, 5) is 23.0. The number of rotatable bonds is 4. The quantitative estimate of drug-likeness (QED) is 0.485. The van der Waals surface area contributed by atoms with E-state index in [4.69, 9.17) is 9.78 Å². The highest BCUT2D eigenvalue weighted by atomic mass is 17.2.